The van der Waals surface area contributed by atoms with Crippen LogP contribution in [0.3, 0.4) is 0 Å². The number of hydrogen-bond donors (Lipinski definition) is 0. The second-order valence-corrected chi connectivity index (χ2v) is 7.87. The minimum Gasteiger partial charge on any atom is -0.422 e. The van der Waals surface area contributed by atoms with Crippen LogP contribution in [0.1, 0.15) is 39.3 Å². The number of hydrogen-bond acceptors (Lipinski definition) is 4. The number of para-hydroxylation sites is 1. The van der Waals surface area contributed by atoms with Crippen molar-refractivity contribution in [1.82, 2.24) is 14.5 Å². The van der Waals surface area contributed by atoms with Crippen LogP contribution in [0.4, 0.5) is 0 Å². The zero-order valence-corrected chi connectivity index (χ0v) is 18.8. The highest BCUT2D eigenvalue weighted by Gasteiger charge is 2.18. The maximum Gasteiger partial charge on any atom is 0.347 e. The van der Waals surface area contributed by atoms with Gasteiger partial charge < -0.3 is 13.9 Å². The standard InChI is InChI=1S/C20H18N2O2.C5H13N/c1-12(2)22-17-9-8-13(3)10-16(17)21-19(22)15-11-14-6-4-5-7-18(14)24-20(15)23;1-4-6(3)5-2/h4-12H,1-3H3;4-5H2,1-3H3. The lowest BCUT2D eigenvalue weighted by Gasteiger charge is -2.12. The molecule has 30 heavy (non-hydrogen) atoms. The molecule has 0 fully saturated rings. The summed E-state index contributed by atoms with van der Waals surface area (Å²) in [5.41, 5.74) is 3.80. The van der Waals surface area contributed by atoms with Gasteiger partial charge >= 0.3 is 5.63 Å². The molecule has 0 atom stereocenters. The summed E-state index contributed by atoms with van der Waals surface area (Å²) in [6, 6.07) is 15.7. The number of fused-ring (bicyclic) bond motifs is 2. The average Bonchev–Trinajstić information content (AvgIpc) is 3.11. The Hall–Kier alpha value is -2.92. The molecular weight excluding hydrogens is 374 g/mol. The van der Waals surface area contributed by atoms with Gasteiger partial charge in [-0.05, 0) is 70.7 Å². The molecule has 0 aliphatic rings. The Kier molecular flexibility index (Phi) is 6.73. The molecule has 2 aromatic carbocycles. The monoisotopic (exact) mass is 405 g/mol. The number of imidazole rings is 1. The zero-order valence-electron chi connectivity index (χ0n) is 18.8. The summed E-state index contributed by atoms with van der Waals surface area (Å²) in [5.74, 6) is 0.658. The van der Waals surface area contributed by atoms with Crippen LogP contribution in [0.2, 0.25) is 0 Å². The molecule has 5 heteroatoms. The molecule has 2 aromatic heterocycles. The summed E-state index contributed by atoms with van der Waals surface area (Å²) in [7, 11) is 2.11. The van der Waals surface area contributed by atoms with Gasteiger partial charge in [0.1, 0.15) is 17.0 Å². The van der Waals surface area contributed by atoms with E-state index in [9.17, 15) is 4.79 Å². The van der Waals surface area contributed by atoms with Crippen LogP contribution in [0.5, 0.6) is 0 Å². The number of nitrogens with zero attached hydrogens (tertiary/aromatic N) is 3. The number of aryl methyl sites for hydroxylation is 1. The van der Waals surface area contributed by atoms with Crippen molar-refractivity contribution in [3.63, 3.8) is 0 Å². The van der Waals surface area contributed by atoms with E-state index in [0.717, 1.165) is 35.1 Å². The van der Waals surface area contributed by atoms with E-state index in [2.05, 4.69) is 56.3 Å². The van der Waals surface area contributed by atoms with Crippen LogP contribution < -0.4 is 5.63 Å². The SMILES string of the molecule is CCN(C)CC.Cc1ccc2c(c1)nc(-c1cc3ccccc3oc1=O)n2C(C)C. The van der Waals surface area contributed by atoms with Crippen LogP contribution in [0, 0.1) is 6.92 Å². The highest BCUT2D eigenvalue weighted by molar-refractivity contribution is 5.84. The molecule has 0 spiro atoms. The molecule has 0 saturated carbocycles. The van der Waals surface area contributed by atoms with Gasteiger partial charge in [-0.25, -0.2) is 9.78 Å². The third-order valence-corrected chi connectivity index (χ3v) is 5.32. The largest absolute Gasteiger partial charge is 0.422 e. The molecule has 0 N–H and O–H groups in total. The van der Waals surface area contributed by atoms with E-state index in [1.165, 1.54) is 0 Å². The first-order chi connectivity index (χ1) is 14.3. The predicted octanol–water partition coefficient (Wildman–Crippen LogP) is 5.66. The quantitative estimate of drug-likeness (QED) is 0.411. The van der Waals surface area contributed by atoms with Crippen LogP contribution in [-0.4, -0.2) is 34.6 Å². The smallest absolute Gasteiger partial charge is 0.347 e. The maximum atomic E-state index is 12.5. The summed E-state index contributed by atoms with van der Waals surface area (Å²) in [5, 5.41) is 0.894. The van der Waals surface area contributed by atoms with Crippen molar-refractivity contribution >= 4 is 22.0 Å². The van der Waals surface area contributed by atoms with E-state index in [-0.39, 0.29) is 11.7 Å². The molecule has 4 aromatic rings. The van der Waals surface area contributed by atoms with E-state index >= 15 is 0 Å². The fourth-order valence-corrected chi connectivity index (χ4v) is 3.36. The lowest BCUT2D eigenvalue weighted by atomic mass is 10.1. The molecule has 0 radical (unpaired) electrons. The molecule has 5 nitrogen and oxygen atoms in total. The number of benzene rings is 2. The van der Waals surface area contributed by atoms with Gasteiger partial charge in [-0.1, -0.05) is 38.1 Å². The number of aromatic nitrogens is 2. The second kappa shape index (κ2) is 9.26. The molecule has 0 aliphatic carbocycles. The highest BCUT2D eigenvalue weighted by Crippen LogP contribution is 2.28. The summed E-state index contributed by atoms with van der Waals surface area (Å²) in [6.07, 6.45) is 0. The summed E-state index contributed by atoms with van der Waals surface area (Å²) < 4.78 is 7.59. The third-order valence-electron chi connectivity index (χ3n) is 5.32. The Balaban J connectivity index is 0.000000377. The zero-order chi connectivity index (χ0) is 21.8. The fraction of sp³-hybridized carbons (Fsp3) is 0.360. The van der Waals surface area contributed by atoms with Gasteiger partial charge in [-0.15, -0.1) is 0 Å². The molecule has 0 aliphatic heterocycles. The van der Waals surface area contributed by atoms with E-state index in [1.807, 2.05) is 37.3 Å². The Morgan fingerprint density at radius 2 is 1.77 bits per heavy atom. The fourth-order valence-electron chi connectivity index (χ4n) is 3.36. The van der Waals surface area contributed by atoms with Crippen LogP contribution in [0.25, 0.3) is 33.4 Å². The lowest BCUT2D eigenvalue weighted by Crippen LogP contribution is -2.15. The molecule has 2 heterocycles. The van der Waals surface area contributed by atoms with Gasteiger partial charge in [0.15, 0.2) is 0 Å². The highest BCUT2D eigenvalue weighted by atomic mass is 16.4. The summed E-state index contributed by atoms with van der Waals surface area (Å²) in [4.78, 5) is 19.5. The summed E-state index contributed by atoms with van der Waals surface area (Å²) >= 11 is 0. The van der Waals surface area contributed by atoms with Gasteiger partial charge in [0.05, 0.1) is 11.0 Å². The van der Waals surface area contributed by atoms with Crippen molar-refractivity contribution in [2.75, 3.05) is 20.1 Å². The lowest BCUT2D eigenvalue weighted by molar-refractivity contribution is 0.373. The van der Waals surface area contributed by atoms with E-state index in [0.29, 0.717) is 17.0 Å². The first-order valence-corrected chi connectivity index (χ1v) is 10.6. The molecule has 0 amide bonds. The molecule has 4 rings (SSSR count). The van der Waals surface area contributed by atoms with Crippen LogP contribution in [-0.2, 0) is 0 Å². The van der Waals surface area contributed by atoms with E-state index in [1.54, 1.807) is 6.07 Å². The molecular formula is C25H31N3O2. The van der Waals surface area contributed by atoms with Crippen molar-refractivity contribution in [3.8, 4) is 11.4 Å². The van der Waals surface area contributed by atoms with Crippen molar-refractivity contribution in [1.29, 1.82) is 0 Å². The van der Waals surface area contributed by atoms with Crippen LogP contribution >= 0.6 is 0 Å². The van der Waals surface area contributed by atoms with Crippen molar-refractivity contribution in [2.45, 2.75) is 40.7 Å². The number of rotatable bonds is 4. The molecule has 158 valence electrons. The van der Waals surface area contributed by atoms with Gasteiger partial charge in [-0.2, -0.15) is 0 Å². The van der Waals surface area contributed by atoms with Crippen molar-refractivity contribution < 1.29 is 4.42 Å². The van der Waals surface area contributed by atoms with E-state index < -0.39 is 0 Å². The Bertz CT molecular complexity index is 1200. The second-order valence-electron chi connectivity index (χ2n) is 7.87. The Morgan fingerprint density at radius 1 is 1.07 bits per heavy atom. The average molecular weight is 406 g/mol. The van der Waals surface area contributed by atoms with Gasteiger partial charge in [0, 0.05) is 11.4 Å². The van der Waals surface area contributed by atoms with Crippen molar-refractivity contribution in [2.24, 2.45) is 0 Å². The topological polar surface area (TPSA) is 51.3 Å². The van der Waals surface area contributed by atoms with Gasteiger partial charge in [0.2, 0.25) is 0 Å². The van der Waals surface area contributed by atoms with Gasteiger partial charge in [0.25, 0.3) is 0 Å². The first-order valence-electron chi connectivity index (χ1n) is 10.6. The van der Waals surface area contributed by atoms with Crippen molar-refractivity contribution in [3.05, 3.63) is 64.5 Å². The minimum absolute atomic E-state index is 0.179. The molecule has 0 saturated heterocycles. The molecule has 0 bridgehead atoms. The Labute approximate surface area is 178 Å². The van der Waals surface area contributed by atoms with Gasteiger partial charge in [-0.3, -0.25) is 0 Å². The normalized spacial score (nSPS) is 11.3. The first kappa shape index (κ1) is 21.8. The Morgan fingerprint density at radius 3 is 2.40 bits per heavy atom. The minimum atomic E-state index is -0.359. The third kappa shape index (κ3) is 4.46. The predicted molar refractivity (Wildman–Crippen MR) is 125 cm³/mol. The maximum absolute atomic E-state index is 12.5. The van der Waals surface area contributed by atoms with E-state index in [4.69, 9.17) is 9.40 Å². The van der Waals surface area contributed by atoms with Crippen LogP contribution in [0.15, 0.2) is 57.7 Å². The summed E-state index contributed by atoms with van der Waals surface area (Å²) in [6.45, 7) is 12.9. The molecule has 0 unspecified atom stereocenters.